The summed E-state index contributed by atoms with van der Waals surface area (Å²) in [5.74, 6) is 0.249. The molecule has 0 aromatic carbocycles. The maximum atomic E-state index is 12.6. The molecular formula is C16H23N3O2. The van der Waals surface area contributed by atoms with Gasteiger partial charge in [0, 0.05) is 5.69 Å². The predicted molar refractivity (Wildman–Crippen MR) is 80.4 cm³/mol. The molecule has 0 aliphatic carbocycles. The van der Waals surface area contributed by atoms with E-state index < -0.39 is 12.1 Å². The number of piperazine rings is 1. The Hall–Kier alpha value is -1.91. The molecule has 2 amide bonds. The average Bonchev–Trinajstić information content (AvgIpc) is 2.40. The summed E-state index contributed by atoms with van der Waals surface area (Å²) in [7, 11) is 0. The highest BCUT2D eigenvalue weighted by Gasteiger charge is 2.38. The fraction of sp³-hybridized carbons (Fsp3) is 0.562. The lowest BCUT2D eigenvalue weighted by Crippen LogP contribution is -2.62. The average molecular weight is 289 g/mol. The maximum absolute atomic E-state index is 12.6. The molecule has 1 aromatic rings. The molecule has 2 rings (SSSR count). The van der Waals surface area contributed by atoms with Crippen molar-refractivity contribution in [1.29, 1.82) is 0 Å². The summed E-state index contributed by atoms with van der Waals surface area (Å²) in [4.78, 5) is 30.7. The Kier molecular flexibility index (Phi) is 4.60. The molecule has 1 aliphatic rings. The van der Waals surface area contributed by atoms with Crippen molar-refractivity contribution in [3.63, 3.8) is 0 Å². The number of hydrogen-bond acceptors (Lipinski definition) is 3. The van der Waals surface area contributed by atoms with Crippen LogP contribution in [0.4, 0.5) is 0 Å². The zero-order valence-electron chi connectivity index (χ0n) is 13.1. The van der Waals surface area contributed by atoms with Gasteiger partial charge in [-0.05, 0) is 38.3 Å². The van der Waals surface area contributed by atoms with Crippen LogP contribution in [-0.2, 0) is 16.1 Å². The fourth-order valence-electron chi connectivity index (χ4n) is 2.59. The summed E-state index contributed by atoms with van der Waals surface area (Å²) in [6.45, 7) is 8.14. The van der Waals surface area contributed by atoms with E-state index in [0.29, 0.717) is 18.9 Å². The third-order valence-electron chi connectivity index (χ3n) is 3.73. The molecule has 5 nitrogen and oxygen atoms in total. The number of carbonyl (C=O) groups excluding carboxylic acids is 2. The lowest BCUT2D eigenvalue weighted by atomic mass is 9.99. The quantitative estimate of drug-likeness (QED) is 0.917. The van der Waals surface area contributed by atoms with Crippen molar-refractivity contribution >= 4 is 11.8 Å². The first-order valence-electron chi connectivity index (χ1n) is 7.42. The van der Waals surface area contributed by atoms with Gasteiger partial charge in [0.15, 0.2) is 0 Å². The molecule has 21 heavy (non-hydrogen) atoms. The number of aromatic nitrogens is 1. The van der Waals surface area contributed by atoms with Crippen molar-refractivity contribution < 1.29 is 9.59 Å². The van der Waals surface area contributed by atoms with E-state index in [4.69, 9.17) is 0 Å². The minimum Gasteiger partial charge on any atom is -0.343 e. The topological polar surface area (TPSA) is 62.3 Å². The Morgan fingerprint density at radius 1 is 1.33 bits per heavy atom. The number of amides is 2. The highest BCUT2D eigenvalue weighted by molar-refractivity contribution is 5.96. The minimum absolute atomic E-state index is 0.0147. The molecule has 2 unspecified atom stereocenters. The van der Waals surface area contributed by atoms with Crippen LogP contribution in [0, 0.1) is 12.8 Å². The highest BCUT2D eigenvalue weighted by atomic mass is 16.2. The zero-order valence-corrected chi connectivity index (χ0v) is 13.1. The van der Waals surface area contributed by atoms with Crippen LogP contribution >= 0.6 is 0 Å². The number of hydrogen-bond donors (Lipinski definition) is 1. The molecule has 1 fully saturated rings. The molecule has 1 aliphatic heterocycles. The van der Waals surface area contributed by atoms with Gasteiger partial charge in [-0.1, -0.05) is 19.9 Å². The van der Waals surface area contributed by atoms with E-state index in [2.05, 4.69) is 10.3 Å². The molecule has 5 heteroatoms. The molecule has 2 heterocycles. The fourth-order valence-corrected chi connectivity index (χ4v) is 2.59. The van der Waals surface area contributed by atoms with Gasteiger partial charge >= 0.3 is 0 Å². The van der Waals surface area contributed by atoms with Crippen LogP contribution in [0.3, 0.4) is 0 Å². The second kappa shape index (κ2) is 6.24. The number of nitrogens with one attached hydrogen (secondary N) is 1. The van der Waals surface area contributed by atoms with Gasteiger partial charge in [-0.25, -0.2) is 0 Å². The summed E-state index contributed by atoms with van der Waals surface area (Å²) in [5, 5.41) is 2.82. The van der Waals surface area contributed by atoms with Gasteiger partial charge in [-0.3, -0.25) is 14.6 Å². The van der Waals surface area contributed by atoms with Crippen LogP contribution < -0.4 is 5.32 Å². The Bertz CT molecular complexity index is 542. The number of nitrogens with zero attached hydrogens (tertiary/aromatic N) is 2. The third-order valence-corrected chi connectivity index (χ3v) is 3.73. The standard InChI is InChI=1S/C16H23N3O2/c1-10(2)8-14-16(21)19(12(4)15(20)18-14)9-13-7-5-6-11(3)17-13/h5-7,10,12,14H,8-9H2,1-4H3,(H,18,20). The van der Waals surface area contributed by atoms with E-state index in [-0.39, 0.29) is 11.8 Å². The third kappa shape index (κ3) is 3.60. The van der Waals surface area contributed by atoms with E-state index in [1.54, 1.807) is 11.8 Å². The summed E-state index contributed by atoms with van der Waals surface area (Å²) < 4.78 is 0. The number of carbonyl (C=O) groups is 2. The molecule has 0 radical (unpaired) electrons. The molecule has 0 saturated carbocycles. The van der Waals surface area contributed by atoms with Crippen molar-refractivity contribution in [2.45, 2.75) is 52.7 Å². The van der Waals surface area contributed by atoms with Crippen molar-refractivity contribution in [3.05, 3.63) is 29.6 Å². The van der Waals surface area contributed by atoms with Crippen molar-refractivity contribution in [2.24, 2.45) is 5.92 Å². The Labute approximate surface area is 125 Å². The van der Waals surface area contributed by atoms with Gasteiger partial charge in [0.2, 0.25) is 11.8 Å². The van der Waals surface area contributed by atoms with Gasteiger partial charge in [0.1, 0.15) is 12.1 Å². The molecule has 1 saturated heterocycles. The monoisotopic (exact) mass is 289 g/mol. The van der Waals surface area contributed by atoms with Crippen LogP contribution in [0.25, 0.3) is 0 Å². The van der Waals surface area contributed by atoms with Gasteiger partial charge in [-0.15, -0.1) is 0 Å². The molecule has 114 valence electrons. The summed E-state index contributed by atoms with van der Waals surface area (Å²) in [6, 6.07) is 4.85. The van der Waals surface area contributed by atoms with E-state index in [1.165, 1.54) is 0 Å². The van der Waals surface area contributed by atoms with E-state index in [0.717, 1.165) is 11.4 Å². The van der Waals surface area contributed by atoms with Crippen molar-refractivity contribution in [1.82, 2.24) is 15.2 Å². The highest BCUT2D eigenvalue weighted by Crippen LogP contribution is 2.17. The molecule has 1 aromatic heterocycles. The van der Waals surface area contributed by atoms with Crippen LogP contribution in [0.2, 0.25) is 0 Å². The Morgan fingerprint density at radius 3 is 2.67 bits per heavy atom. The Morgan fingerprint density at radius 2 is 2.05 bits per heavy atom. The normalized spacial score (nSPS) is 22.6. The van der Waals surface area contributed by atoms with Crippen molar-refractivity contribution in [3.8, 4) is 0 Å². The predicted octanol–water partition coefficient (Wildman–Crippen LogP) is 1.65. The smallest absolute Gasteiger partial charge is 0.246 e. The van der Waals surface area contributed by atoms with E-state index in [9.17, 15) is 9.59 Å². The van der Waals surface area contributed by atoms with Gasteiger partial charge in [0.05, 0.1) is 12.2 Å². The number of rotatable bonds is 4. The first-order chi connectivity index (χ1) is 9.88. The van der Waals surface area contributed by atoms with Gasteiger partial charge in [-0.2, -0.15) is 0 Å². The van der Waals surface area contributed by atoms with Gasteiger partial charge < -0.3 is 10.2 Å². The van der Waals surface area contributed by atoms with Crippen molar-refractivity contribution in [2.75, 3.05) is 0 Å². The number of pyridine rings is 1. The number of aryl methyl sites for hydroxylation is 1. The van der Waals surface area contributed by atoms with E-state index >= 15 is 0 Å². The zero-order chi connectivity index (χ0) is 15.6. The largest absolute Gasteiger partial charge is 0.343 e. The maximum Gasteiger partial charge on any atom is 0.246 e. The van der Waals surface area contributed by atoms with E-state index in [1.807, 2.05) is 39.0 Å². The first kappa shape index (κ1) is 15.5. The second-order valence-electron chi connectivity index (χ2n) is 6.10. The molecule has 1 N–H and O–H groups in total. The minimum atomic E-state index is -0.455. The van der Waals surface area contributed by atoms with Gasteiger partial charge in [0.25, 0.3) is 0 Å². The van der Waals surface area contributed by atoms with Crippen LogP contribution in [0.5, 0.6) is 0 Å². The Balaban J connectivity index is 2.18. The second-order valence-corrected chi connectivity index (χ2v) is 6.10. The summed E-state index contributed by atoms with van der Waals surface area (Å²) in [5.41, 5.74) is 1.72. The molecule has 0 spiro atoms. The molecular weight excluding hydrogens is 266 g/mol. The molecule has 2 atom stereocenters. The molecule has 0 bridgehead atoms. The lowest BCUT2D eigenvalue weighted by molar-refractivity contribution is -0.149. The first-order valence-corrected chi connectivity index (χ1v) is 7.42. The summed E-state index contributed by atoms with van der Waals surface area (Å²) in [6.07, 6.45) is 0.662. The SMILES string of the molecule is Cc1cccc(CN2C(=O)C(CC(C)C)NC(=O)C2C)n1. The lowest BCUT2D eigenvalue weighted by Gasteiger charge is -2.37. The summed E-state index contributed by atoms with van der Waals surface area (Å²) >= 11 is 0. The van der Waals surface area contributed by atoms with Crippen LogP contribution in [-0.4, -0.2) is 33.8 Å². The van der Waals surface area contributed by atoms with Crippen LogP contribution in [0.1, 0.15) is 38.6 Å². The van der Waals surface area contributed by atoms with Crippen LogP contribution in [0.15, 0.2) is 18.2 Å².